The molecule has 154 valence electrons. The van der Waals surface area contributed by atoms with Gasteiger partial charge in [-0.05, 0) is 46.7 Å². The number of amides is 1. The van der Waals surface area contributed by atoms with E-state index in [1.807, 2.05) is 55.5 Å². The summed E-state index contributed by atoms with van der Waals surface area (Å²) in [5.41, 5.74) is 7.05. The van der Waals surface area contributed by atoms with Crippen LogP contribution in [-0.2, 0) is 11.3 Å². The van der Waals surface area contributed by atoms with Crippen LogP contribution in [0.25, 0.3) is 11.1 Å². The van der Waals surface area contributed by atoms with Gasteiger partial charge in [0, 0.05) is 25.6 Å². The molecule has 4 heteroatoms. The molecular formula is C26H27NO3. The molecule has 30 heavy (non-hydrogen) atoms. The third kappa shape index (κ3) is 4.10. The first-order valence-electron chi connectivity index (χ1n) is 10.4. The van der Waals surface area contributed by atoms with Crippen molar-refractivity contribution in [3.05, 3.63) is 95.1 Å². The summed E-state index contributed by atoms with van der Waals surface area (Å²) in [4.78, 5) is 14.7. The van der Waals surface area contributed by atoms with Crippen LogP contribution in [0.3, 0.4) is 0 Å². The van der Waals surface area contributed by atoms with Crippen molar-refractivity contribution in [3.8, 4) is 11.1 Å². The van der Waals surface area contributed by atoms with Gasteiger partial charge in [0.05, 0.1) is 0 Å². The van der Waals surface area contributed by atoms with Crippen LogP contribution in [-0.4, -0.2) is 35.9 Å². The zero-order valence-electron chi connectivity index (χ0n) is 17.3. The average Bonchev–Trinajstić information content (AvgIpc) is 3.10. The zero-order chi connectivity index (χ0) is 20.9. The maximum absolute atomic E-state index is 13.0. The predicted molar refractivity (Wildman–Crippen MR) is 118 cm³/mol. The number of fused-ring (bicyclic) bond motifs is 3. The SMILES string of the molecule is Cc1ccccc1CN(CCCO)C(=O)OCC1c2ccccc2-c2ccccc21. The summed E-state index contributed by atoms with van der Waals surface area (Å²) >= 11 is 0. The minimum absolute atomic E-state index is 0.0412. The number of aliphatic hydroxyl groups excluding tert-OH is 1. The van der Waals surface area contributed by atoms with Crippen molar-refractivity contribution in [2.45, 2.75) is 25.8 Å². The van der Waals surface area contributed by atoms with Gasteiger partial charge in [-0.1, -0.05) is 72.8 Å². The Labute approximate surface area is 177 Å². The van der Waals surface area contributed by atoms with Gasteiger partial charge >= 0.3 is 6.09 Å². The molecule has 0 heterocycles. The molecule has 3 aromatic rings. The van der Waals surface area contributed by atoms with Crippen molar-refractivity contribution in [1.82, 2.24) is 4.90 Å². The molecule has 0 saturated carbocycles. The van der Waals surface area contributed by atoms with E-state index >= 15 is 0 Å². The number of ether oxygens (including phenoxy) is 1. The minimum atomic E-state index is -0.339. The molecular weight excluding hydrogens is 374 g/mol. The molecule has 0 fully saturated rings. The highest BCUT2D eigenvalue weighted by molar-refractivity contribution is 5.79. The summed E-state index contributed by atoms with van der Waals surface area (Å²) < 4.78 is 5.82. The number of aliphatic hydroxyl groups is 1. The van der Waals surface area contributed by atoms with Crippen LogP contribution in [0.15, 0.2) is 72.8 Å². The van der Waals surface area contributed by atoms with Crippen molar-refractivity contribution < 1.29 is 14.6 Å². The summed E-state index contributed by atoms with van der Waals surface area (Å²) in [7, 11) is 0. The van der Waals surface area contributed by atoms with Crippen molar-refractivity contribution in [3.63, 3.8) is 0 Å². The lowest BCUT2D eigenvalue weighted by atomic mass is 9.98. The van der Waals surface area contributed by atoms with Crippen molar-refractivity contribution >= 4 is 6.09 Å². The number of aryl methyl sites for hydroxylation is 1. The van der Waals surface area contributed by atoms with E-state index in [9.17, 15) is 9.90 Å². The fourth-order valence-electron chi connectivity index (χ4n) is 4.17. The normalized spacial score (nSPS) is 12.3. The van der Waals surface area contributed by atoms with E-state index < -0.39 is 0 Å². The van der Waals surface area contributed by atoms with Crippen LogP contribution >= 0.6 is 0 Å². The van der Waals surface area contributed by atoms with Gasteiger partial charge in [0.25, 0.3) is 0 Å². The second-order valence-corrected chi connectivity index (χ2v) is 7.73. The molecule has 0 aromatic heterocycles. The molecule has 0 bridgehead atoms. The van der Waals surface area contributed by atoms with E-state index in [1.165, 1.54) is 22.3 Å². The number of nitrogens with zero attached hydrogens (tertiary/aromatic N) is 1. The van der Waals surface area contributed by atoms with E-state index in [0.717, 1.165) is 11.1 Å². The smallest absolute Gasteiger partial charge is 0.410 e. The molecule has 3 aromatic carbocycles. The summed E-state index contributed by atoms with van der Waals surface area (Å²) in [5, 5.41) is 9.26. The predicted octanol–water partition coefficient (Wildman–Crippen LogP) is 5.13. The fraction of sp³-hybridized carbons (Fsp3) is 0.269. The quantitative estimate of drug-likeness (QED) is 0.597. The third-order valence-electron chi connectivity index (χ3n) is 5.80. The Morgan fingerprint density at radius 3 is 2.17 bits per heavy atom. The Hall–Kier alpha value is -3.11. The van der Waals surface area contributed by atoms with E-state index in [1.54, 1.807) is 4.90 Å². The zero-order valence-corrected chi connectivity index (χ0v) is 17.3. The summed E-state index contributed by atoms with van der Waals surface area (Å²) in [6, 6.07) is 24.7. The van der Waals surface area contributed by atoms with Gasteiger partial charge in [-0.2, -0.15) is 0 Å². The molecule has 4 nitrogen and oxygen atoms in total. The van der Waals surface area contributed by atoms with E-state index in [4.69, 9.17) is 4.74 Å². The van der Waals surface area contributed by atoms with Crippen LogP contribution in [0.2, 0.25) is 0 Å². The lowest BCUT2D eigenvalue weighted by Crippen LogP contribution is -2.33. The van der Waals surface area contributed by atoms with Crippen LogP contribution in [0.4, 0.5) is 4.79 Å². The molecule has 0 aliphatic heterocycles. The molecule has 0 unspecified atom stereocenters. The largest absolute Gasteiger partial charge is 0.448 e. The monoisotopic (exact) mass is 401 g/mol. The molecule has 0 spiro atoms. The fourth-order valence-corrected chi connectivity index (χ4v) is 4.17. The first-order chi connectivity index (χ1) is 14.7. The number of carbonyl (C=O) groups excluding carboxylic acids is 1. The Kier molecular flexibility index (Phi) is 6.15. The second-order valence-electron chi connectivity index (χ2n) is 7.73. The van der Waals surface area contributed by atoms with Crippen molar-refractivity contribution in [2.75, 3.05) is 19.8 Å². The summed E-state index contributed by atoms with van der Waals surface area (Å²) in [5.74, 6) is 0.0412. The molecule has 4 rings (SSSR count). The molecule has 1 aliphatic rings. The van der Waals surface area contributed by atoms with E-state index in [-0.39, 0.29) is 18.6 Å². The van der Waals surface area contributed by atoms with Crippen LogP contribution in [0.1, 0.15) is 34.6 Å². The Morgan fingerprint density at radius 2 is 1.53 bits per heavy atom. The van der Waals surface area contributed by atoms with E-state index in [2.05, 4.69) is 24.3 Å². The molecule has 0 atom stereocenters. The average molecular weight is 402 g/mol. The first kappa shape index (κ1) is 20.2. The maximum Gasteiger partial charge on any atom is 0.410 e. The number of benzene rings is 3. The van der Waals surface area contributed by atoms with Crippen LogP contribution in [0, 0.1) is 6.92 Å². The number of carbonyl (C=O) groups is 1. The summed E-state index contributed by atoms with van der Waals surface area (Å²) in [6.45, 7) is 3.32. The van der Waals surface area contributed by atoms with Crippen molar-refractivity contribution in [1.29, 1.82) is 0 Å². The Bertz CT molecular complexity index is 985. The molecule has 1 amide bonds. The molecule has 0 saturated heterocycles. The van der Waals surface area contributed by atoms with Gasteiger partial charge < -0.3 is 14.7 Å². The van der Waals surface area contributed by atoms with Gasteiger partial charge in [0.2, 0.25) is 0 Å². The lowest BCUT2D eigenvalue weighted by Gasteiger charge is -2.24. The number of hydrogen-bond acceptors (Lipinski definition) is 3. The highest BCUT2D eigenvalue weighted by Crippen LogP contribution is 2.44. The molecule has 0 radical (unpaired) electrons. The highest BCUT2D eigenvalue weighted by Gasteiger charge is 2.29. The van der Waals surface area contributed by atoms with Gasteiger partial charge in [0.15, 0.2) is 0 Å². The number of hydrogen-bond donors (Lipinski definition) is 1. The third-order valence-corrected chi connectivity index (χ3v) is 5.80. The first-order valence-corrected chi connectivity index (χ1v) is 10.4. The van der Waals surface area contributed by atoms with Gasteiger partial charge in [-0.3, -0.25) is 0 Å². The molecule has 1 aliphatic carbocycles. The topological polar surface area (TPSA) is 49.8 Å². The Balaban J connectivity index is 1.50. The van der Waals surface area contributed by atoms with Gasteiger partial charge in [-0.15, -0.1) is 0 Å². The van der Waals surface area contributed by atoms with Crippen LogP contribution in [0.5, 0.6) is 0 Å². The van der Waals surface area contributed by atoms with Gasteiger partial charge in [-0.25, -0.2) is 4.79 Å². The molecule has 1 N–H and O–H groups in total. The minimum Gasteiger partial charge on any atom is -0.448 e. The lowest BCUT2D eigenvalue weighted by molar-refractivity contribution is 0.0944. The number of rotatable bonds is 7. The Morgan fingerprint density at radius 1 is 0.933 bits per heavy atom. The second kappa shape index (κ2) is 9.14. The van der Waals surface area contributed by atoms with E-state index in [0.29, 0.717) is 26.1 Å². The van der Waals surface area contributed by atoms with Crippen molar-refractivity contribution in [2.24, 2.45) is 0 Å². The highest BCUT2D eigenvalue weighted by atomic mass is 16.6. The standard InChI is InChI=1S/C26H27NO3/c1-19-9-2-3-10-20(19)17-27(15-8-16-28)26(29)30-18-25-23-13-6-4-11-21(23)22-12-5-7-14-24(22)25/h2-7,9-14,25,28H,8,15-18H2,1H3. The van der Waals surface area contributed by atoms with Crippen LogP contribution < -0.4 is 0 Å². The van der Waals surface area contributed by atoms with Gasteiger partial charge in [0.1, 0.15) is 6.61 Å². The maximum atomic E-state index is 13.0. The summed E-state index contributed by atoms with van der Waals surface area (Å²) in [6.07, 6.45) is 0.185.